The predicted molar refractivity (Wildman–Crippen MR) is 87.2 cm³/mol. The van der Waals surface area contributed by atoms with E-state index in [0.717, 1.165) is 6.54 Å². The number of aryl methyl sites for hydroxylation is 1. The summed E-state index contributed by atoms with van der Waals surface area (Å²) in [6.07, 6.45) is 6.28. The highest BCUT2D eigenvalue weighted by Gasteiger charge is 2.20. The molecule has 1 saturated carbocycles. The summed E-state index contributed by atoms with van der Waals surface area (Å²) in [6.45, 7) is 0.785. The van der Waals surface area contributed by atoms with Crippen molar-refractivity contribution in [3.05, 3.63) is 35.4 Å². The summed E-state index contributed by atoms with van der Waals surface area (Å²) in [5, 5.41) is 3.82. The van der Waals surface area contributed by atoms with E-state index in [0.29, 0.717) is 17.3 Å². The molecular weight excluding hydrogens is 266 g/mol. The Bertz CT molecular complexity index is 480. The molecule has 0 aromatic heterocycles. The van der Waals surface area contributed by atoms with Crippen LogP contribution in [0.1, 0.15) is 42.1 Å². The van der Waals surface area contributed by atoms with Crippen molar-refractivity contribution in [3.8, 4) is 0 Å². The van der Waals surface area contributed by atoms with Crippen molar-refractivity contribution in [1.29, 1.82) is 0 Å². The van der Waals surface area contributed by atoms with Gasteiger partial charge in [0.05, 0.1) is 6.54 Å². The molecule has 1 aromatic rings. The van der Waals surface area contributed by atoms with Crippen LogP contribution in [0.4, 0.5) is 0 Å². The van der Waals surface area contributed by atoms with E-state index in [1.807, 2.05) is 11.8 Å². The molecule has 1 atom stereocenters. The van der Waals surface area contributed by atoms with Crippen LogP contribution in [0, 0.1) is 0 Å². The Morgan fingerprint density at radius 1 is 1.30 bits per heavy atom. The van der Waals surface area contributed by atoms with Gasteiger partial charge in [0.15, 0.2) is 5.96 Å². The lowest BCUT2D eigenvalue weighted by atomic mass is 10.0. The molecule has 1 fully saturated rings. The minimum atomic E-state index is 0.462. The van der Waals surface area contributed by atoms with Gasteiger partial charge in [0.1, 0.15) is 0 Å². The smallest absolute Gasteiger partial charge is 0.188 e. The lowest BCUT2D eigenvalue weighted by Crippen LogP contribution is -2.38. The number of aliphatic imine (C=N–C) groups is 1. The maximum Gasteiger partial charge on any atom is 0.188 e. The Hall–Kier alpha value is -1.16. The Kier molecular flexibility index (Phi) is 4.51. The molecule has 0 spiro atoms. The average Bonchev–Trinajstić information content (AvgIpc) is 2.98. The van der Waals surface area contributed by atoms with Gasteiger partial charge in [-0.3, -0.25) is 4.99 Å². The molecule has 1 aromatic carbocycles. The molecule has 3 N–H and O–H groups in total. The number of hydrogen-bond acceptors (Lipinski definition) is 2. The molecule has 0 radical (unpaired) electrons. The third-order valence-electron chi connectivity index (χ3n) is 4.23. The van der Waals surface area contributed by atoms with E-state index >= 15 is 0 Å². The molecule has 2 aliphatic rings. The minimum Gasteiger partial charge on any atom is -0.370 e. The van der Waals surface area contributed by atoms with Gasteiger partial charge in [-0.2, -0.15) is 11.8 Å². The van der Waals surface area contributed by atoms with E-state index in [9.17, 15) is 0 Å². The molecular formula is C16H23N3S. The fraction of sp³-hybridized carbons (Fsp3) is 0.562. The molecule has 108 valence electrons. The molecule has 4 heteroatoms. The van der Waals surface area contributed by atoms with Crippen LogP contribution >= 0.6 is 11.8 Å². The fourth-order valence-electron chi connectivity index (χ4n) is 3.13. The zero-order chi connectivity index (χ0) is 13.8. The molecule has 1 aliphatic carbocycles. The molecule has 0 amide bonds. The SMILES string of the molecule is NC(=NCC1SCCc2ccccc21)NC1CCCC1. The maximum atomic E-state index is 6.02. The van der Waals surface area contributed by atoms with Crippen LogP contribution in [0.2, 0.25) is 0 Å². The van der Waals surface area contributed by atoms with E-state index in [1.165, 1.54) is 49.0 Å². The molecule has 1 unspecified atom stereocenters. The van der Waals surface area contributed by atoms with E-state index in [2.05, 4.69) is 34.6 Å². The first-order valence-corrected chi connectivity index (χ1v) is 8.63. The molecule has 1 aliphatic heterocycles. The third-order valence-corrected chi connectivity index (χ3v) is 5.47. The van der Waals surface area contributed by atoms with Crippen LogP contribution in [0.5, 0.6) is 0 Å². The second kappa shape index (κ2) is 6.53. The summed E-state index contributed by atoms with van der Waals surface area (Å²) in [6, 6.07) is 9.28. The van der Waals surface area contributed by atoms with Gasteiger partial charge in [-0.25, -0.2) is 0 Å². The van der Waals surface area contributed by atoms with Crippen molar-refractivity contribution >= 4 is 17.7 Å². The standard InChI is InChI=1S/C16H23N3S/c17-16(19-13-6-2-3-7-13)18-11-15-14-8-4-1-5-12(14)9-10-20-15/h1,4-5,8,13,15H,2-3,6-7,9-11H2,(H3,17,18,19). The van der Waals surface area contributed by atoms with Gasteiger partial charge in [0.2, 0.25) is 0 Å². The van der Waals surface area contributed by atoms with Gasteiger partial charge >= 0.3 is 0 Å². The van der Waals surface area contributed by atoms with Crippen LogP contribution < -0.4 is 11.1 Å². The molecule has 0 saturated heterocycles. The van der Waals surface area contributed by atoms with Crippen molar-refractivity contribution < 1.29 is 0 Å². The summed E-state index contributed by atoms with van der Waals surface area (Å²) < 4.78 is 0. The number of nitrogens with two attached hydrogens (primary N) is 1. The van der Waals surface area contributed by atoms with Gasteiger partial charge < -0.3 is 11.1 Å². The topological polar surface area (TPSA) is 50.4 Å². The van der Waals surface area contributed by atoms with Crippen LogP contribution in [-0.2, 0) is 6.42 Å². The van der Waals surface area contributed by atoms with Crippen molar-refractivity contribution in [3.63, 3.8) is 0 Å². The molecule has 3 nitrogen and oxygen atoms in total. The third kappa shape index (κ3) is 3.29. The number of thioether (sulfide) groups is 1. The first-order valence-electron chi connectivity index (χ1n) is 7.59. The minimum absolute atomic E-state index is 0.462. The van der Waals surface area contributed by atoms with E-state index in [1.54, 1.807) is 0 Å². The highest BCUT2D eigenvalue weighted by atomic mass is 32.2. The van der Waals surface area contributed by atoms with Crippen molar-refractivity contribution in [2.75, 3.05) is 12.3 Å². The monoisotopic (exact) mass is 289 g/mol. The zero-order valence-corrected chi connectivity index (χ0v) is 12.7. The number of hydrogen-bond donors (Lipinski definition) is 2. The number of rotatable bonds is 3. The normalized spacial score (nSPS) is 23.6. The highest BCUT2D eigenvalue weighted by Crippen LogP contribution is 2.36. The van der Waals surface area contributed by atoms with Crippen LogP contribution in [0.15, 0.2) is 29.3 Å². The van der Waals surface area contributed by atoms with Crippen molar-refractivity contribution in [1.82, 2.24) is 5.32 Å². The number of fused-ring (bicyclic) bond motifs is 1. The first-order chi connectivity index (χ1) is 9.83. The highest BCUT2D eigenvalue weighted by molar-refractivity contribution is 7.99. The number of nitrogens with one attached hydrogen (secondary N) is 1. The summed E-state index contributed by atoms with van der Waals surface area (Å²) in [7, 11) is 0. The van der Waals surface area contributed by atoms with E-state index in [-0.39, 0.29) is 0 Å². The van der Waals surface area contributed by atoms with Crippen LogP contribution in [0.25, 0.3) is 0 Å². The van der Waals surface area contributed by atoms with Gasteiger partial charge in [-0.05, 0) is 36.1 Å². The second-order valence-electron chi connectivity index (χ2n) is 5.66. The molecule has 20 heavy (non-hydrogen) atoms. The molecule has 1 heterocycles. The first kappa shape index (κ1) is 13.8. The van der Waals surface area contributed by atoms with Gasteiger partial charge in [-0.1, -0.05) is 37.1 Å². The Morgan fingerprint density at radius 2 is 2.10 bits per heavy atom. The lowest BCUT2D eigenvalue weighted by Gasteiger charge is -2.24. The quantitative estimate of drug-likeness (QED) is 0.664. The van der Waals surface area contributed by atoms with E-state index < -0.39 is 0 Å². The maximum absolute atomic E-state index is 6.02. The predicted octanol–water partition coefficient (Wildman–Crippen LogP) is 2.86. The van der Waals surface area contributed by atoms with Crippen molar-refractivity contribution in [2.24, 2.45) is 10.7 Å². The summed E-state index contributed by atoms with van der Waals surface area (Å²) in [5.41, 5.74) is 8.95. The Balaban J connectivity index is 1.60. The number of guanidine groups is 1. The largest absolute Gasteiger partial charge is 0.370 e. The number of benzene rings is 1. The van der Waals surface area contributed by atoms with E-state index in [4.69, 9.17) is 5.73 Å². The van der Waals surface area contributed by atoms with Crippen molar-refractivity contribution in [2.45, 2.75) is 43.4 Å². The van der Waals surface area contributed by atoms with Crippen LogP contribution in [-0.4, -0.2) is 24.3 Å². The second-order valence-corrected chi connectivity index (χ2v) is 6.97. The summed E-state index contributed by atoms with van der Waals surface area (Å²) in [5.74, 6) is 1.81. The van der Waals surface area contributed by atoms with Gasteiger partial charge in [-0.15, -0.1) is 0 Å². The number of nitrogens with zero attached hydrogens (tertiary/aromatic N) is 1. The molecule has 0 bridgehead atoms. The van der Waals surface area contributed by atoms with Gasteiger partial charge in [0, 0.05) is 11.3 Å². The average molecular weight is 289 g/mol. The summed E-state index contributed by atoms with van der Waals surface area (Å²) in [4.78, 5) is 4.57. The van der Waals surface area contributed by atoms with Gasteiger partial charge in [0.25, 0.3) is 0 Å². The lowest BCUT2D eigenvalue weighted by molar-refractivity contribution is 0.625. The molecule has 3 rings (SSSR count). The fourth-order valence-corrected chi connectivity index (χ4v) is 4.35. The Labute approximate surface area is 125 Å². The Morgan fingerprint density at radius 3 is 2.95 bits per heavy atom. The van der Waals surface area contributed by atoms with Crippen LogP contribution in [0.3, 0.4) is 0 Å². The summed E-state index contributed by atoms with van der Waals surface area (Å²) >= 11 is 2.00. The zero-order valence-electron chi connectivity index (χ0n) is 11.8.